The van der Waals surface area contributed by atoms with E-state index in [1.165, 1.54) is 0 Å². The summed E-state index contributed by atoms with van der Waals surface area (Å²) >= 11 is 5.57. The number of halogens is 1. The van der Waals surface area contributed by atoms with Gasteiger partial charge in [-0.2, -0.15) is 0 Å². The lowest BCUT2D eigenvalue weighted by Gasteiger charge is -1.97. The van der Waals surface area contributed by atoms with E-state index < -0.39 is 0 Å². The Balaban J connectivity index is 2.21. The van der Waals surface area contributed by atoms with Gasteiger partial charge in [0.05, 0.1) is 6.54 Å². The highest BCUT2D eigenvalue weighted by molar-refractivity contribution is 6.28. The van der Waals surface area contributed by atoms with Gasteiger partial charge in [-0.05, 0) is 23.7 Å². The average molecular weight is 184 g/mol. The summed E-state index contributed by atoms with van der Waals surface area (Å²) in [6, 6.07) is 3.56. The predicted octanol–water partition coefficient (Wildman–Crippen LogP) is 2.05. The van der Waals surface area contributed by atoms with Crippen LogP contribution in [0.15, 0.2) is 16.5 Å². The quantitative estimate of drug-likeness (QED) is 0.571. The van der Waals surface area contributed by atoms with Crippen LogP contribution in [-0.2, 0) is 6.54 Å². The van der Waals surface area contributed by atoms with Crippen molar-refractivity contribution in [2.24, 2.45) is 0 Å². The van der Waals surface area contributed by atoms with E-state index in [-0.39, 0.29) is 0 Å². The number of hydrogen-bond donors (Lipinski definition) is 1. The topological polar surface area (TPSA) is 25.2 Å². The van der Waals surface area contributed by atoms with Crippen LogP contribution in [0.3, 0.4) is 0 Å². The minimum absolute atomic E-state index is 0.420. The van der Waals surface area contributed by atoms with Crippen molar-refractivity contribution in [3.63, 3.8) is 0 Å². The molecule has 0 aliphatic carbocycles. The molecule has 0 bridgehead atoms. The van der Waals surface area contributed by atoms with Gasteiger partial charge < -0.3 is 9.73 Å². The lowest BCUT2D eigenvalue weighted by Crippen LogP contribution is -2.13. The Morgan fingerprint density at radius 2 is 2.42 bits per heavy atom. The summed E-state index contributed by atoms with van der Waals surface area (Å²) in [4.78, 5) is 0. The standard InChI is InChI=1S/C9H10ClNO/c1-2-3-6-11-7-8-4-5-9(10)12-8/h1,4-5,11H,3,6-7H2. The third kappa shape index (κ3) is 3.00. The van der Waals surface area contributed by atoms with Crippen LogP contribution >= 0.6 is 11.6 Å². The molecule has 0 aliphatic rings. The Labute approximate surface area is 76.9 Å². The van der Waals surface area contributed by atoms with Gasteiger partial charge in [0.25, 0.3) is 0 Å². The Kier molecular flexibility index (Phi) is 3.72. The smallest absolute Gasteiger partial charge is 0.193 e. The summed E-state index contributed by atoms with van der Waals surface area (Å²) in [7, 11) is 0. The number of hydrogen-bond acceptors (Lipinski definition) is 2. The molecule has 2 nitrogen and oxygen atoms in total. The lowest BCUT2D eigenvalue weighted by atomic mass is 10.4. The summed E-state index contributed by atoms with van der Waals surface area (Å²) in [5, 5.41) is 3.54. The highest BCUT2D eigenvalue weighted by Gasteiger charge is 1.97. The van der Waals surface area contributed by atoms with Crippen LogP contribution in [0.25, 0.3) is 0 Å². The van der Waals surface area contributed by atoms with E-state index in [1.54, 1.807) is 6.07 Å². The molecule has 0 amide bonds. The molecule has 3 heteroatoms. The summed E-state index contributed by atoms with van der Waals surface area (Å²) in [5.74, 6) is 3.37. The van der Waals surface area contributed by atoms with Crippen molar-refractivity contribution in [2.45, 2.75) is 13.0 Å². The second kappa shape index (κ2) is 4.87. The van der Waals surface area contributed by atoms with Crippen molar-refractivity contribution in [2.75, 3.05) is 6.54 Å². The molecule has 1 heterocycles. The van der Waals surface area contributed by atoms with E-state index in [0.29, 0.717) is 11.8 Å². The maximum absolute atomic E-state index is 5.57. The number of terminal acetylenes is 1. The first-order valence-corrected chi connectivity index (χ1v) is 4.09. The molecule has 0 radical (unpaired) electrons. The summed E-state index contributed by atoms with van der Waals surface area (Å²) < 4.78 is 5.11. The van der Waals surface area contributed by atoms with Gasteiger partial charge in [0.2, 0.25) is 0 Å². The number of rotatable bonds is 4. The van der Waals surface area contributed by atoms with Crippen molar-refractivity contribution in [3.05, 3.63) is 23.1 Å². The molecule has 1 aromatic heterocycles. The summed E-state index contributed by atoms with van der Waals surface area (Å²) in [5.41, 5.74) is 0. The normalized spacial score (nSPS) is 9.67. The molecule has 0 fully saturated rings. The highest BCUT2D eigenvalue weighted by atomic mass is 35.5. The molecule has 12 heavy (non-hydrogen) atoms. The molecule has 0 atom stereocenters. The molecule has 0 saturated carbocycles. The Morgan fingerprint density at radius 1 is 1.58 bits per heavy atom. The molecule has 1 rings (SSSR count). The maximum Gasteiger partial charge on any atom is 0.193 e. The molecular formula is C9H10ClNO. The second-order valence-corrected chi connectivity index (χ2v) is 2.71. The molecule has 64 valence electrons. The van der Waals surface area contributed by atoms with Gasteiger partial charge >= 0.3 is 0 Å². The predicted molar refractivity (Wildman–Crippen MR) is 48.9 cm³/mol. The molecule has 0 spiro atoms. The van der Waals surface area contributed by atoms with Crippen molar-refractivity contribution >= 4 is 11.6 Å². The summed E-state index contributed by atoms with van der Waals surface area (Å²) in [6.45, 7) is 1.48. The molecule has 0 saturated heterocycles. The molecule has 0 aliphatic heterocycles. The van der Waals surface area contributed by atoms with Crippen LogP contribution in [0.2, 0.25) is 5.22 Å². The fraction of sp³-hybridized carbons (Fsp3) is 0.333. The van der Waals surface area contributed by atoms with Crippen molar-refractivity contribution < 1.29 is 4.42 Å². The van der Waals surface area contributed by atoms with Crippen LogP contribution in [0.1, 0.15) is 12.2 Å². The Bertz CT molecular complexity index is 274. The van der Waals surface area contributed by atoms with E-state index in [9.17, 15) is 0 Å². The number of furan rings is 1. The number of nitrogens with one attached hydrogen (secondary N) is 1. The minimum Gasteiger partial charge on any atom is -0.448 e. The van der Waals surface area contributed by atoms with Gasteiger partial charge in [-0.1, -0.05) is 0 Å². The van der Waals surface area contributed by atoms with Gasteiger partial charge in [-0.3, -0.25) is 0 Å². The second-order valence-electron chi connectivity index (χ2n) is 2.34. The average Bonchev–Trinajstić information content (AvgIpc) is 2.45. The lowest BCUT2D eigenvalue weighted by molar-refractivity contribution is 0.487. The first-order valence-electron chi connectivity index (χ1n) is 3.71. The van der Waals surface area contributed by atoms with Crippen LogP contribution in [0, 0.1) is 12.3 Å². The van der Waals surface area contributed by atoms with Crippen LogP contribution in [-0.4, -0.2) is 6.54 Å². The van der Waals surface area contributed by atoms with Gasteiger partial charge in [0.15, 0.2) is 5.22 Å². The third-order valence-corrected chi connectivity index (χ3v) is 1.58. The molecular weight excluding hydrogens is 174 g/mol. The van der Waals surface area contributed by atoms with E-state index >= 15 is 0 Å². The van der Waals surface area contributed by atoms with Gasteiger partial charge in [-0.15, -0.1) is 12.3 Å². The van der Waals surface area contributed by atoms with Gasteiger partial charge in [-0.25, -0.2) is 0 Å². The monoisotopic (exact) mass is 183 g/mol. The fourth-order valence-corrected chi connectivity index (χ4v) is 0.981. The van der Waals surface area contributed by atoms with Crippen LogP contribution < -0.4 is 5.32 Å². The zero-order valence-corrected chi connectivity index (χ0v) is 7.40. The minimum atomic E-state index is 0.420. The zero-order chi connectivity index (χ0) is 8.81. The molecule has 0 unspecified atom stereocenters. The first-order chi connectivity index (χ1) is 5.83. The molecule has 1 aromatic rings. The van der Waals surface area contributed by atoms with E-state index in [2.05, 4.69) is 11.2 Å². The van der Waals surface area contributed by atoms with E-state index in [0.717, 1.165) is 18.7 Å². The van der Waals surface area contributed by atoms with Crippen molar-refractivity contribution in [1.82, 2.24) is 5.32 Å². The van der Waals surface area contributed by atoms with Gasteiger partial charge in [0, 0.05) is 13.0 Å². The Hall–Kier alpha value is -0.910. The summed E-state index contributed by atoms with van der Waals surface area (Å²) in [6.07, 6.45) is 5.81. The van der Waals surface area contributed by atoms with Gasteiger partial charge in [0.1, 0.15) is 5.76 Å². The largest absolute Gasteiger partial charge is 0.448 e. The third-order valence-electron chi connectivity index (χ3n) is 1.37. The van der Waals surface area contributed by atoms with Crippen molar-refractivity contribution in [3.8, 4) is 12.3 Å². The zero-order valence-electron chi connectivity index (χ0n) is 6.64. The van der Waals surface area contributed by atoms with Crippen LogP contribution in [0.5, 0.6) is 0 Å². The Morgan fingerprint density at radius 3 is 3.00 bits per heavy atom. The molecule has 0 aromatic carbocycles. The fourth-order valence-electron chi connectivity index (χ4n) is 0.819. The SMILES string of the molecule is C#CCCNCc1ccc(Cl)o1. The molecule has 1 N–H and O–H groups in total. The highest BCUT2D eigenvalue weighted by Crippen LogP contribution is 2.12. The van der Waals surface area contributed by atoms with Crippen LogP contribution in [0.4, 0.5) is 0 Å². The maximum atomic E-state index is 5.57. The van der Waals surface area contributed by atoms with Crippen molar-refractivity contribution in [1.29, 1.82) is 0 Å². The van der Waals surface area contributed by atoms with E-state index in [4.69, 9.17) is 22.4 Å². The first kappa shape index (κ1) is 9.18. The van der Waals surface area contributed by atoms with E-state index in [1.807, 2.05) is 6.07 Å².